The van der Waals surface area contributed by atoms with Crippen LogP contribution in [-0.2, 0) is 14.2 Å². The van der Waals surface area contributed by atoms with Gasteiger partial charge in [0.15, 0.2) is 6.04 Å². The van der Waals surface area contributed by atoms with Crippen LogP contribution in [0.25, 0.3) is 0 Å². The van der Waals surface area contributed by atoms with Gasteiger partial charge in [0, 0.05) is 13.0 Å². The quantitative estimate of drug-likeness (QED) is 0.545. The molecule has 0 rings (SSSR count). The van der Waals surface area contributed by atoms with Crippen LogP contribution in [0.1, 0.15) is 19.8 Å². The summed E-state index contributed by atoms with van der Waals surface area (Å²) in [5, 5.41) is 17.2. The van der Waals surface area contributed by atoms with Crippen molar-refractivity contribution in [2.75, 3.05) is 6.54 Å². The lowest BCUT2D eigenvalue weighted by molar-refractivity contribution is -0.142. The Morgan fingerprint density at radius 3 is 2.20 bits per heavy atom. The molecule has 0 saturated heterocycles. The van der Waals surface area contributed by atoms with E-state index in [1.807, 2.05) is 0 Å². The third kappa shape index (κ3) is 4.83. The van der Waals surface area contributed by atoms with Gasteiger partial charge in [0.2, 0.25) is 0 Å². The molecule has 0 aliphatic rings. The van der Waals surface area contributed by atoms with Crippen LogP contribution in [0, 0.1) is 0 Å². The van der Waals surface area contributed by atoms with E-state index in [4.69, 9.17) is 15.1 Å². The van der Waals surface area contributed by atoms with E-state index in [1.165, 1.54) is 6.92 Å². The third-order valence-corrected chi connectivity index (χ3v) is 2.82. The van der Waals surface area contributed by atoms with E-state index in [0.717, 1.165) is 4.67 Å². The van der Waals surface area contributed by atoms with Gasteiger partial charge in [-0.15, -0.1) is 4.89 Å². The SMILES string of the molecule is CCN([C@@H](CCC(=O)O)C(=O)O)[P+](=O)O. The van der Waals surface area contributed by atoms with Crippen LogP contribution in [0.4, 0.5) is 0 Å². The third-order valence-electron chi connectivity index (χ3n) is 1.82. The first kappa shape index (κ1) is 14.0. The van der Waals surface area contributed by atoms with E-state index in [-0.39, 0.29) is 19.4 Å². The second-order valence-electron chi connectivity index (χ2n) is 2.79. The van der Waals surface area contributed by atoms with Crippen molar-refractivity contribution in [3.05, 3.63) is 0 Å². The molecule has 0 aromatic rings. The number of hydrogen-bond acceptors (Lipinski definition) is 3. The monoisotopic (exact) mass is 238 g/mol. The summed E-state index contributed by atoms with van der Waals surface area (Å²) in [5.74, 6) is -2.43. The lowest BCUT2D eigenvalue weighted by atomic mass is 10.1. The summed E-state index contributed by atoms with van der Waals surface area (Å²) in [6.45, 7) is 1.60. The number of likely N-dealkylation sites (N-methyl/N-ethyl adjacent to an activating group) is 1. The lowest BCUT2D eigenvalue weighted by Crippen LogP contribution is -2.36. The number of hydrogen-bond donors (Lipinski definition) is 3. The van der Waals surface area contributed by atoms with Crippen molar-refractivity contribution >= 4 is 20.1 Å². The van der Waals surface area contributed by atoms with Crippen LogP contribution in [-0.4, -0.2) is 44.3 Å². The molecule has 0 bridgehead atoms. The van der Waals surface area contributed by atoms with Gasteiger partial charge >= 0.3 is 20.1 Å². The molecule has 0 aromatic heterocycles. The molecule has 3 N–H and O–H groups in total. The lowest BCUT2D eigenvalue weighted by Gasteiger charge is -2.14. The normalized spacial score (nSPS) is 13.7. The molecule has 15 heavy (non-hydrogen) atoms. The van der Waals surface area contributed by atoms with Gasteiger partial charge < -0.3 is 10.2 Å². The first-order valence-electron chi connectivity index (χ1n) is 4.27. The zero-order valence-electron chi connectivity index (χ0n) is 8.16. The molecule has 8 heteroatoms. The van der Waals surface area contributed by atoms with Gasteiger partial charge in [-0.25, -0.2) is 0 Å². The molecule has 1 unspecified atom stereocenters. The van der Waals surface area contributed by atoms with Crippen molar-refractivity contribution in [3.8, 4) is 0 Å². The topological polar surface area (TPSA) is 115 Å². The first-order valence-corrected chi connectivity index (χ1v) is 5.44. The predicted molar refractivity (Wildman–Crippen MR) is 50.5 cm³/mol. The fourth-order valence-corrected chi connectivity index (χ4v) is 1.82. The van der Waals surface area contributed by atoms with Crippen molar-refractivity contribution in [3.63, 3.8) is 0 Å². The molecule has 0 amide bonds. The molecular formula is C7H13NO6P+. The van der Waals surface area contributed by atoms with Crippen molar-refractivity contribution in [1.82, 2.24) is 4.67 Å². The van der Waals surface area contributed by atoms with Gasteiger partial charge in [-0.1, -0.05) is 4.67 Å². The Kier molecular flexibility index (Phi) is 6.00. The van der Waals surface area contributed by atoms with Gasteiger partial charge in [-0.2, -0.15) is 0 Å². The Morgan fingerprint density at radius 2 is 1.93 bits per heavy atom. The van der Waals surface area contributed by atoms with Crippen LogP contribution in [0.2, 0.25) is 0 Å². The minimum absolute atomic E-state index is 0.0717. The largest absolute Gasteiger partial charge is 0.613 e. The van der Waals surface area contributed by atoms with Gasteiger partial charge in [0.1, 0.15) is 0 Å². The smallest absolute Gasteiger partial charge is 0.481 e. The molecule has 86 valence electrons. The zero-order valence-corrected chi connectivity index (χ0v) is 9.05. The minimum atomic E-state index is -2.76. The molecular weight excluding hydrogens is 225 g/mol. The Labute approximate surface area is 87.2 Å². The maximum absolute atomic E-state index is 10.8. The van der Waals surface area contributed by atoms with E-state index >= 15 is 0 Å². The van der Waals surface area contributed by atoms with E-state index in [9.17, 15) is 14.2 Å². The van der Waals surface area contributed by atoms with Gasteiger partial charge in [-0.3, -0.25) is 9.59 Å². The summed E-state index contributed by atoms with van der Waals surface area (Å²) in [6.07, 6.45) is -0.545. The highest BCUT2D eigenvalue weighted by atomic mass is 31.1. The zero-order chi connectivity index (χ0) is 12.0. The molecule has 0 heterocycles. The highest BCUT2D eigenvalue weighted by molar-refractivity contribution is 7.35. The highest BCUT2D eigenvalue weighted by Crippen LogP contribution is 2.26. The first-order chi connectivity index (χ1) is 6.90. The van der Waals surface area contributed by atoms with Crippen molar-refractivity contribution < 1.29 is 29.3 Å². The van der Waals surface area contributed by atoms with Crippen LogP contribution in [0.15, 0.2) is 0 Å². The molecule has 0 spiro atoms. The molecule has 0 radical (unpaired) electrons. The molecule has 7 nitrogen and oxygen atoms in total. The van der Waals surface area contributed by atoms with Crippen LogP contribution < -0.4 is 0 Å². The van der Waals surface area contributed by atoms with Crippen LogP contribution in [0.5, 0.6) is 0 Å². The van der Waals surface area contributed by atoms with Gasteiger partial charge in [0.05, 0.1) is 0 Å². The minimum Gasteiger partial charge on any atom is -0.481 e. The molecule has 0 aromatic carbocycles. The average Bonchev–Trinajstić information content (AvgIpc) is 2.10. The number of carbonyl (C=O) groups is 2. The Hall–Kier alpha value is -1.04. The van der Waals surface area contributed by atoms with E-state index in [2.05, 4.69) is 0 Å². The summed E-state index contributed by atoms with van der Waals surface area (Å²) in [6, 6.07) is -1.24. The second-order valence-corrected chi connectivity index (χ2v) is 3.81. The number of aliphatic carboxylic acids is 2. The van der Waals surface area contributed by atoms with E-state index in [1.54, 1.807) is 0 Å². The van der Waals surface area contributed by atoms with E-state index < -0.39 is 26.2 Å². The Balaban J connectivity index is 4.55. The Morgan fingerprint density at radius 1 is 1.40 bits per heavy atom. The summed E-state index contributed by atoms with van der Waals surface area (Å²) in [7, 11) is -2.76. The number of carboxylic acid groups (broad SMARTS) is 2. The summed E-state index contributed by atoms with van der Waals surface area (Å²) >= 11 is 0. The standard InChI is InChI=1S/C7H12NO6P/c1-2-8(15(13)14)5(7(11)12)3-4-6(9)10/h5H,2-4H2,1H3,(H2-,9,10,11,12,13,14)/p+1/t5-/m0/s1. The van der Waals surface area contributed by atoms with Crippen LogP contribution in [0.3, 0.4) is 0 Å². The van der Waals surface area contributed by atoms with Crippen molar-refractivity contribution in [2.24, 2.45) is 0 Å². The van der Waals surface area contributed by atoms with Crippen molar-refractivity contribution in [1.29, 1.82) is 0 Å². The van der Waals surface area contributed by atoms with E-state index in [0.29, 0.717) is 0 Å². The number of rotatable bonds is 7. The fraction of sp³-hybridized carbons (Fsp3) is 0.714. The number of carboxylic acids is 2. The highest BCUT2D eigenvalue weighted by Gasteiger charge is 2.37. The number of nitrogens with zero attached hydrogens (tertiary/aromatic N) is 1. The summed E-state index contributed by atoms with van der Waals surface area (Å²) in [4.78, 5) is 29.8. The Bertz CT molecular complexity index is 268. The van der Waals surface area contributed by atoms with Crippen molar-refractivity contribution in [2.45, 2.75) is 25.8 Å². The van der Waals surface area contributed by atoms with Gasteiger partial charge in [-0.05, 0) is 17.9 Å². The summed E-state index contributed by atoms with van der Waals surface area (Å²) < 4.78 is 11.6. The average molecular weight is 238 g/mol. The second kappa shape index (κ2) is 6.44. The molecule has 0 aliphatic carbocycles. The predicted octanol–water partition coefficient (Wildman–Crippen LogP) is 0.276. The maximum Gasteiger partial charge on any atom is 0.613 e. The molecule has 2 atom stereocenters. The fourth-order valence-electron chi connectivity index (χ4n) is 1.12. The molecule has 0 fully saturated rings. The maximum atomic E-state index is 10.8. The van der Waals surface area contributed by atoms with Crippen LogP contribution >= 0.6 is 8.18 Å². The summed E-state index contributed by atoms with van der Waals surface area (Å²) in [5.41, 5.74) is 0. The van der Waals surface area contributed by atoms with Gasteiger partial charge in [0.25, 0.3) is 0 Å². The molecule has 0 saturated carbocycles. The molecule has 0 aliphatic heterocycles.